The van der Waals surface area contributed by atoms with Crippen LogP contribution in [0.5, 0.6) is 0 Å². The topological polar surface area (TPSA) is 43.4 Å². The highest BCUT2D eigenvalue weighted by molar-refractivity contribution is 5.87. The number of hydrogen-bond acceptors (Lipinski definition) is 3. The van der Waals surface area contributed by atoms with Gasteiger partial charge in [0.15, 0.2) is 0 Å². The molecule has 0 unspecified atom stereocenters. The SMILES string of the molecule is CC(=O)O[C@@H]1CC[C@@H](C)[C@@]2(C)[C@@H]1CC(=O)[C@H]1[C@H]2C1(C)C. The number of esters is 1. The Hall–Kier alpha value is -0.860. The van der Waals surface area contributed by atoms with Gasteiger partial charge in [-0.25, -0.2) is 0 Å². The smallest absolute Gasteiger partial charge is 0.302 e. The van der Waals surface area contributed by atoms with E-state index in [-0.39, 0.29) is 34.7 Å². The van der Waals surface area contributed by atoms with Gasteiger partial charge in [0.25, 0.3) is 0 Å². The molecule has 0 aromatic rings. The summed E-state index contributed by atoms with van der Waals surface area (Å²) in [5.74, 6) is 1.70. The van der Waals surface area contributed by atoms with E-state index in [4.69, 9.17) is 4.74 Å². The lowest BCUT2D eigenvalue weighted by atomic mass is 9.54. The van der Waals surface area contributed by atoms with Crippen molar-refractivity contribution >= 4 is 11.8 Å². The van der Waals surface area contributed by atoms with Crippen LogP contribution in [-0.4, -0.2) is 17.9 Å². The van der Waals surface area contributed by atoms with Gasteiger partial charge in [0.05, 0.1) is 0 Å². The Bertz CT molecular complexity index is 467. The summed E-state index contributed by atoms with van der Waals surface area (Å²) in [6.45, 7) is 10.6. The largest absolute Gasteiger partial charge is 0.462 e. The fourth-order valence-corrected chi connectivity index (χ4v) is 5.68. The predicted octanol–water partition coefficient (Wildman–Crippen LogP) is 3.22. The number of ether oxygens (including phenoxy) is 1. The maximum atomic E-state index is 12.4. The number of Topliss-reactive ketones (excluding diaryl/α,β-unsaturated/α-hetero) is 1. The van der Waals surface area contributed by atoms with Gasteiger partial charge in [0, 0.05) is 25.2 Å². The maximum absolute atomic E-state index is 12.4. The third-order valence-electron chi connectivity index (χ3n) is 6.78. The van der Waals surface area contributed by atoms with E-state index in [2.05, 4.69) is 27.7 Å². The van der Waals surface area contributed by atoms with Crippen LogP contribution in [0.3, 0.4) is 0 Å². The quantitative estimate of drug-likeness (QED) is 0.692. The van der Waals surface area contributed by atoms with Gasteiger partial charge in [-0.2, -0.15) is 0 Å². The molecule has 112 valence electrons. The summed E-state index contributed by atoms with van der Waals surface area (Å²) < 4.78 is 5.57. The molecule has 0 saturated heterocycles. The summed E-state index contributed by atoms with van der Waals surface area (Å²) in [6, 6.07) is 0. The Balaban J connectivity index is 1.96. The lowest BCUT2D eigenvalue weighted by molar-refractivity contribution is -0.166. The molecule has 6 atom stereocenters. The normalized spacial score (nSPS) is 49.0. The van der Waals surface area contributed by atoms with Gasteiger partial charge in [-0.3, -0.25) is 9.59 Å². The maximum Gasteiger partial charge on any atom is 0.302 e. The summed E-state index contributed by atoms with van der Waals surface area (Å²) in [7, 11) is 0. The van der Waals surface area contributed by atoms with Crippen molar-refractivity contribution in [2.24, 2.45) is 34.5 Å². The van der Waals surface area contributed by atoms with Crippen LogP contribution in [0.15, 0.2) is 0 Å². The second-order valence-electron chi connectivity index (χ2n) is 8.05. The zero-order valence-electron chi connectivity index (χ0n) is 13.2. The zero-order chi connectivity index (χ0) is 14.9. The molecule has 0 bridgehead atoms. The van der Waals surface area contributed by atoms with E-state index >= 15 is 0 Å². The highest BCUT2D eigenvalue weighted by Crippen LogP contribution is 2.74. The van der Waals surface area contributed by atoms with Crippen LogP contribution in [0, 0.1) is 34.5 Å². The summed E-state index contributed by atoms with van der Waals surface area (Å²) in [6.07, 6.45) is 2.54. The van der Waals surface area contributed by atoms with Crippen molar-refractivity contribution in [2.75, 3.05) is 0 Å². The van der Waals surface area contributed by atoms with E-state index in [1.165, 1.54) is 6.92 Å². The number of hydrogen-bond donors (Lipinski definition) is 0. The fraction of sp³-hybridized carbons (Fsp3) is 0.882. The number of rotatable bonds is 1. The Morgan fingerprint density at radius 1 is 1.25 bits per heavy atom. The predicted molar refractivity (Wildman–Crippen MR) is 75.9 cm³/mol. The number of carbonyl (C=O) groups excluding carboxylic acids is 2. The average Bonchev–Trinajstić information content (AvgIpc) is 2.92. The molecule has 0 heterocycles. The molecule has 3 aliphatic rings. The van der Waals surface area contributed by atoms with E-state index in [1.54, 1.807) is 0 Å². The Labute approximate surface area is 121 Å². The van der Waals surface area contributed by atoms with Crippen molar-refractivity contribution < 1.29 is 14.3 Å². The van der Waals surface area contributed by atoms with Crippen LogP contribution in [0.4, 0.5) is 0 Å². The van der Waals surface area contributed by atoms with Gasteiger partial charge in [-0.15, -0.1) is 0 Å². The molecule has 0 N–H and O–H groups in total. The molecule has 3 rings (SSSR count). The van der Waals surface area contributed by atoms with Gasteiger partial charge in [0.2, 0.25) is 0 Å². The summed E-state index contributed by atoms with van der Waals surface area (Å²) in [5.41, 5.74) is 0.271. The molecule has 0 amide bonds. The lowest BCUT2D eigenvalue weighted by Gasteiger charge is -2.52. The first-order valence-corrected chi connectivity index (χ1v) is 7.90. The molecule has 3 aliphatic carbocycles. The third kappa shape index (κ3) is 1.64. The van der Waals surface area contributed by atoms with Crippen molar-refractivity contribution in [3.8, 4) is 0 Å². The monoisotopic (exact) mass is 278 g/mol. The van der Waals surface area contributed by atoms with Crippen LogP contribution in [-0.2, 0) is 14.3 Å². The first-order valence-electron chi connectivity index (χ1n) is 7.90. The lowest BCUT2D eigenvalue weighted by Crippen LogP contribution is -2.51. The minimum atomic E-state index is -0.212. The fourth-order valence-electron chi connectivity index (χ4n) is 5.68. The van der Waals surface area contributed by atoms with Crippen molar-refractivity contribution in [1.82, 2.24) is 0 Å². The zero-order valence-corrected chi connectivity index (χ0v) is 13.2. The first-order chi connectivity index (χ1) is 9.20. The standard InChI is InChI=1S/C17H26O3/c1-9-6-7-13(20-10(2)18)11-8-12(19)14-15(16(14,3)4)17(9,11)5/h9,11,13-15H,6-8H2,1-5H3/t9-,11-,13-,14+,15+,17+/m1/s1. The average molecular weight is 278 g/mol. The highest BCUT2D eigenvalue weighted by Gasteiger charge is 2.74. The molecule has 0 spiro atoms. The molecular formula is C17H26O3. The molecular weight excluding hydrogens is 252 g/mol. The highest BCUT2D eigenvalue weighted by atomic mass is 16.5. The van der Waals surface area contributed by atoms with Gasteiger partial charge >= 0.3 is 5.97 Å². The van der Waals surface area contributed by atoms with E-state index in [9.17, 15) is 9.59 Å². The molecule has 3 heteroatoms. The van der Waals surface area contributed by atoms with Crippen LogP contribution < -0.4 is 0 Å². The number of fused-ring (bicyclic) bond motifs is 3. The number of ketones is 1. The van der Waals surface area contributed by atoms with E-state index in [0.29, 0.717) is 24.0 Å². The van der Waals surface area contributed by atoms with Crippen LogP contribution in [0.2, 0.25) is 0 Å². The van der Waals surface area contributed by atoms with Gasteiger partial charge < -0.3 is 4.74 Å². The summed E-state index contributed by atoms with van der Waals surface area (Å²) in [5, 5.41) is 0. The van der Waals surface area contributed by atoms with Gasteiger partial charge in [-0.1, -0.05) is 27.7 Å². The van der Waals surface area contributed by atoms with Crippen LogP contribution >= 0.6 is 0 Å². The molecule has 0 aromatic heterocycles. The summed E-state index contributed by atoms with van der Waals surface area (Å²) in [4.78, 5) is 23.8. The Morgan fingerprint density at radius 2 is 1.90 bits per heavy atom. The minimum absolute atomic E-state index is 0.0602. The second-order valence-corrected chi connectivity index (χ2v) is 8.05. The molecule has 3 fully saturated rings. The Morgan fingerprint density at radius 3 is 2.50 bits per heavy atom. The van der Waals surface area contributed by atoms with Crippen molar-refractivity contribution in [3.63, 3.8) is 0 Å². The van der Waals surface area contributed by atoms with Crippen molar-refractivity contribution in [3.05, 3.63) is 0 Å². The number of carbonyl (C=O) groups is 2. The Kier molecular flexibility index (Phi) is 2.88. The first kappa shape index (κ1) is 14.1. The molecule has 0 radical (unpaired) electrons. The summed E-state index contributed by atoms with van der Waals surface area (Å²) >= 11 is 0. The molecule has 3 saturated carbocycles. The van der Waals surface area contributed by atoms with E-state index in [1.807, 2.05) is 0 Å². The van der Waals surface area contributed by atoms with Gasteiger partial charge in [-0.05, 0) is 35.5 Å². The van der Waals surface area contributed by atoms with Crippen LogP contribution in [0.25, 0.3) is 0 Å². The molecule has 0 aliphatic heterocycles. The van der Waals surface area contributed by atoms with Gasteiger partial charge in [0.1, 0.15) is 11.9 Å². The van der Waals surface area contributed by atoms with Crippen molar-refractivity contribution in [1.29, 1.82) is 0 Å². The van der Waals surface area contributed by atoms with E-state index < -0.39 is 0 Å². The second kappa shape index (κ2) is 4.08. The van der Waals surface area contributed by atoms with E-state index in [0.717, 1.165) is 12.8 Å². The van der Waals surface area contributed by atoms with Crippen molar-refractivity contribution in [2.45, 2.75) is 60.0 Å². The third-order valence-corrected chi connectivity index (χ3v) is 6.78. The molecule has 0 aromatic carbocycles. The molecule has 20 heavy (non-hydrogen) atoms. The van der Waals surface area contributed by atoms with Crippen LogP contribution in [0.1, 0.15) is 53.9 Å². The molecule has 3 nitrogen and oxygen atoms in total. The minimum Gasteiger partial charge on any atom is -0.462 e.